The number of halogens is 1. The Bertz CT molecular complexity index is 1000. The van der Waals surface area contributed by atoms with Crippen molar-refractivity contribution in [2.45, 2.75) is 32.7 Å². The summed E-state index contributed by atoms with van der Waals surface area (Å²) < 4.78 is 13.0. The molecule has 0 aromatic heterocycles. The summed E-state index contributed by atoms with van der Waals surface area (Å²) >= 11 is 0. The van der Waals surface area contributed by atoms with E-state index in [0.29, 0.717) is 25.3 Å². The SMILES string of the molecule is C=C(C)c1cccc(C(C)(C)NC(=O)N2CCCN(CC(=O)Nc3ccc(F)cc3)CC2)c1. The van der Waals surface area contributed by atoms with Crippen molar-refractivity contribution >= 4 is 23.2 Å². The van der Waals surface area contributed by atoms with Crippen LogP contribution in [-0.2, 0) is 10.3 Å². The minimum atomic E-state index is -0.538. The molecule has 1 saturated heterocycles. The van der Waals surface area contributed by atoms with Crippen LogP contribution in [0, 0.1) is 5.82 Å². The Morgan fingerprint density at radius 3 is 2.48 bits per heavy atom. The van der Waals surface area contributed by atoms with Gasteiger partial charge in [-0.1, -0.05) is 30.4 Å². The number of carbonyl (C=O) groups excluding carboxylic acids is 2. The first-order chi connectivity index (χ1) is 15.6. The smallest absolute Gasteiger partial charge is 0.318 e. The van der Waals surface area contributed by atoms with E-state index in [1.54, 1.807) is 0 Å². The molecule has 2 aromatic rings. The zero-order chi connectivity index (χ0) is 24.0. The monoisotopic (exact) mass is 452 g/mol. The summed E-state index contributed by atoms with van der Waals surface area (Å²) in [6.45, 7) is 12.7. The summed E-state index contributed by atoms with van der Waals surface area (Å²) in [7, 11) is 0. The summed E-state index contributed by atoms with van der Waals surface area (Å²) in [5.74, 6) is -0.497. The maximum Gasteiger partial charge on any atom is 0.318 e. The number of anilines is 1. The first-order valence-electron chi connectivity index (χ1n) is 11.3. The van der Waals surface area contributed by atoms with Crippen LogP contribution in [0.2, 0.25) is 0 Å². The normalized spacial score (nSPS) is 15.0. The number of nitrogens with zero attached hydrogens (tertiary/aromatic N) is 2. The van der Waals surface area contributed by atoms with Gasteiger partial charge in [0.2, 0.25) is 5.91 Å². The number of amides is 3. The molecule has 0 atom stereocenters. The van der Waals surface area contributed by atoms with Crippen LogP contribution in [0.15, 0.2) is 55.1 Å². The summed E-state index contributed by atoms with van der Waals surface area (Å²) in [6.07, 6.45) is 0.781. The molecule has 33 heavy (non-hydrogen) atoms. The molecule has 0 bridgehead atoms. The van der Waals surface area contributed by atoms with Gasteiger partial charge >= 0.3 is 6.03 Å². The van der Waals surface area contributed by atoms with Crippen molar-refractivity contribution in [2.24, 2.45) is 0 Å². The average molecular weight is 453 g/mol. The van der Waals surface area contributed by atoms with E-state index >= 15 is 0 Å². The highest BCUT2D eigenvalue weighted by atomic mass is 19.1. The number of carbonyl (C=O) groups is 2. The van der Waals surface area contributed by atoms with Gasteiger partial charge in [-0.05, 0) is 68.7 Å². The molecule has 0 saturated carbocycles. The van der Waals surface area contributed by atoms with E-state index in [2.05, 4.69) is 23.3 Å². The van der Waals surface area contributed by atoms with Crippen LogP contribution in [0.4, 0.5) is 14.9 Å². The fourth-order valence-electron chi connectivity index (χ4n) is 3.86. The molecular formula is C26H33FN4O2. The van der Waals surface area contributed by atoms with Gasteiger partial charge in [-0.3, -0.25) is 9.69 Å². The van der Waals surface area contributed by atoms with Gasteiger partial charge in [0.15, 0.2) is 0 Å². The predicted octanol–water partition coefficient (Wildman–Crippen LogP) is 4.45. The minimum Gasteiger partial charge on any atom is -0.329 e. The van der Waals surface area contributed by atoms with E-state index in [-0.39, 0.29) is 24.3 Å². The van der Waals surface area contributed by atoms with E-state index in [4.69, 9.17) is 0 Å². The highest BCUT2D eigenvalue weighted by molar-refractivity contribution is 5.92. The van der Waals surface area contributed by atoms with Gasteiger partial charge in [0.05, 0.1) is 12.1 Å². The van der Waals surface area contributed by atoms with Gasteiger partial charge < -0.3 is 15.5 Å². The molecule has 1 aliphatic heterocycles. The molecule has 3 amide bonds. The highest BCUT2D eigenvalue weighted by Crippen LogP contribution is 2.24. The molecule has 0 aliphatic carbocycles. The van der Waals surface area contributed by atoms with Gasteiger partial charge in [-0.15, -0.1) is 0 Å². The summed E-state index contributed by atoms with van der Waals surface area (Å²) in [4.78, 5) is 29.2. The van der Waals surface area contributed by atoms with Crippen molar-refractivity contribution < 1.29 is 14.0 Å². The first-order valence-corrected chi connectivity index (χ1v) is 11.3. The van der Waals surface area contributed by atoms with Crippen LogP contribution in [0.1, 0.15) is 38.3 Å². The van der Waals surface area contributed by atoms with Gasteiger partial charge in [0.1, 0.15) is 5.82 Å². The predicted molar refractivity (Wildman–Crippen MR) is 130 cm³/mol. The molecule has 1 fully saturated rings. The third-order valence-electron chi connectivity index (χ3n) is 5.87. The summed E-state index contributed by atoms with van der Waals surface area (Å²) in [5.41, 5.74) is 3.08. The molecule has 0 spiro atoms. The Kier molecular flexibility index (Phi) is 7.87. The quantitative estimate of drug-likeness (QED) is 0.681. The lowest BCUT2D eigenvalue weighted by atomic mass is 9.92. The van der Waals surface area contributed by atoms with Crippen LogP contribution < -0.4 is 10.6 Å². The van der Waals surface area contributed by atoms with Crippen molar-refractivity contribution in [3.05, 3.63) is 72.1 Å². The summed E-state index contributed by atoms with van der Waals surface area (Å²) in [6, 6.07) is 13.7. The van der Waals surface area contributed by atoms with Crippen molar-refractivity contribution in [3.8, 4) is 0 Å². The van der Waals surface area contributed by atoms with E-state index < -0.39 is 5.54 Å². The number of rotatable bonds is 6. The number of allylic oxidation sites excluding steroid dienone is 1. The molecule has 0 radical (unpaired) electrons. The molecule has 6 nitrogen and oxygen atoms in total. The van der Waals surface area contributed by atoms with Crippen LogP contribution in [0.5, 0.6) is 0 Å². The number of hydrogen-bond acceptors (Lipinski definition) is 3. The van der Waals surface area contributed by atoms with E-state index in [1.807, 2.05) is 48.8 Å². The molecule has 3 rings (SSSR count). The Balaban J connectivity index is 1.53. The average Bonchev–Trinajstić information content (AvgIpc) is 3.01. The fraction of sp³-hybridized carbons (Fsp3) is 0.385. The minimum absolute atomic E-state index is 0.113. The number of benzene rings is 2. The van der Waals surface area contributed by atoms with Crippen molar-refractivity contribution in [1.29, 1.82) is 0 Å². The zero-order valence-electron chi connectivity index (χ0n) is 19.7. The number of hydrogen-bond donors (Lipinski definition) is 2. The fourth-order valence-corrected chi connectivity index (χ4v) is 3.86. The largest absolute Gasteiger partial charge is 0.329 e. The second-order valence-electron chi connectivity index (χ2n) is 9.09. The Hall–Kier alpha value is -3.19. The Morgan fingerprint density at radius 2 is 1.79 bits per heavy atom. The van der Waals surface area contributed by atoms with Gasteiger partial charge in [0, 0.05) is 31.9 Å². The van der Waals surface area contributed by atoms with Gasteiger partial charge in [-0.25, -0.2) is 9.18 Å². The van der Waals surface area contributed by atoms with Crippen molar-refractivity contribution in [3.63, 3.8) is 0 Å². The van der Waals surface area contributed by atoms with Crippen LogP contribution >= 0.6 is 0 Å². The third-order valence-corrected chi connectivity index (χ3v) is 5.87. The molecular weight excluding hydrogens is 419 g/mol. The van der Waals surface area contributed by atoms with Crippen molar-refractivity contribution in [2.75, 3.05) is 38.0 Å². The van der Waals surface area contributed by atoms with Crippen LogP contribution in [0.25, 0.3) is 5.57 Å². The van der Waals surface area contributed by atoms with Crippen molar-refractivity contribution in [1.82, 2.24) is 15.1 Å². The lowest BCUT2D eigenvalue weighted by Crippen LogP contribution is -2.49. The molecule has 1 aliphatic rings. The van der Waals surface area contributed by atoms with E-state index in [9.17, 15) is 14.0 Å². The Morgan fingerprint density at radius 1 is 1.06 bits per heavy atom. The van der Waals surface area contributed by atoms with Gasteiger partial charge in [0.25, 0.3) is 0 Å². The topological polar surface area (TPSA) is 64.7 Å². The number of urea groups is 1. The second-order valence-corrected chi connectivity index (χ2v) is 9.09. The maximum atomic E-state index is 13.0. The zero-order valence-corrected chi connectivity index (χ0v) is 19.7. The lowest BCUT2D eigenvalue weighted by molar-refractivity contribution is -0.117. The number of nitrogens with one attached hydrogen (secondary N) is 2. The lowest BCUT2D eigenvalue weighted by Gasteiger charge is -2.31. The van der Waals surface area contributed by atoms with Crippen LogP contribution in [-0.4, -0.2) is 54.5 Å². The molecule has 176 valence electrons. The molecule has 2 aromatic carbocycles. The standard InChI is InChI=1S/C26H33FN4O2/c1-19(2)20-7-5-8-21(17-20)26(3,4)29-25(33)31-14-6-13-30(15-16-31)18-24(32)28-23-11-9-22(27)10-12-23/h5,7-12,17H,1,6,13-16,18H2,2-4H3,(H,28,32)(H,29,33). The maximum absolute atomic E-state index is 13.0. The van der Waals surface area contributed by atoms with Crippen LogP contribution in [0.3, 0.4) is 0 Å². The first kappa shape index (κ1) is 24.5. The third kappa shape index (κ3) is 6.89. The second kappa shape index (κ2) is 10.6. The molecule has 7 heteroatoms. The van der Waals surface area contributed by atoms with E-state index in [0.717, 1.165) is 29.7 Å². The Labute approximate surface area is 195 Å². The van der Waals surface area contributed by atoms with Gasteiger partial charge in [-0.2, -0.15) is 0 Å². The molecule has 2 N–H and O–H groups in total. The summed E-state index contributed by atoms with van der Waals surface area (Å²) in [5, 5.41) is 5.94. The van der Waals surface area contributed by atoms with E-state index in [1.165, 1.54) is 24.3 Å². The molecule has 0 unspecified atom stereocenters. The molecule has 1 heterocycles. The highest BCUT2D eigenvalue weighted by Gasteiger charge is 2.27.